The van der Waals surface area contributed by atoms with Crippen LogP contribution in [0.15, 0.2) is 36.7 Å². The Morgan fingerprint density at radius 1 is 1.21 bits per heavy atom. The standard InChI is InChI=1S/C20H23FN4O3/c21-17-3-1-2-4-18(17)25-12-15(11-22-25)23-20(27)14-5-7-16(8-6-14)24-9-10-28-13-19(24)26/h1-4,11-12,14,16H,5-10,13H2,(H,23,27). The molecule has 0 radical (unpaired) electrons. The molecule has 1 aromatic carbocycles. The summed E-state index contributed by atoms with van der Waals surface area (Å²) in [6.07, 6.45) is 6.23. The van der Waals surface area contributed by atoms with E-state index in [0.29, 0.717) is 24.5 Å². The van der Waals surface area contributed by atoms with Crippen molar-refractivity contribution < 1.29 is 18.7 Å². The lowest BCUT2D eigenvalue weighted by Crippen LogP contribution is -2.49. The van der Waals surface area contributed by atoms with Crippen molar-refractivity contribution in [3.63, 3.8) is 0 Å². The van der Waals surface area contributed by atoms with Crippen molar-refractivity contribution in [1.82, 2.24) is 14.7 Å². The number of nitrogens with zero attached hydrogens (tertiary/aromatic N) is 3. The molecule has 2 aromatic rings. The number of aromatic nitrogens is 2. The van der Waals surface area contributed by atoms with E-state index in [0.717, 1.165) is 25.7 Å². The van der Waals surface area contributed by atoms with E-state index in [1.807, 2.05) is 4.90 Å². The number of hydrogen-bond acceptors (Lipinski definition) is 4. The number of ether oxygens (including phenoxy) is 1. The third-order valence-electron chi connectivity index (χ3n) is 5.48. The van der Waals surface area contributed by atoms with Gasteiger partial charge in [0.2, 0.25) is 11.8 Å². The van der Waals surface area contributed by atoms with Gasteiger partial charge in [0.05, 0.1) is 24.7 Å². The van der Waals surface area contributed by atoms with Gasteiger partial charge in [0.25, 0.3) is 0 Å². The number of rotatable bonds is 4. The lowest BCUT2D eigenvalue weighted by atomic mass is 9.84. The number of nitrogens with one attached hydrogen (secondary N) is 1. The fourth-order valence-corrected chi connectivity index (χ4v) is 3.97. The van der Waals surface area contributed by atoms with Crippen LogP contribution in [0.4, 0.5) is 10.1 Å². The Balaban J connectivity index is 1.33. The SMILES string of the molecule is O=C(Nc1cnn(-c2ccccc2F)c1)C1CCC(N2CCOCC2=O)CC1. The van der Waals surface area contributed by atoms with Crippen molar-refractivity contribution in [1.29, 1.82) is 0 Å². The van der Waals surface area contributed by atoms with Gasteiger partial charge in [-0.1, -0.05) is 12.1 Å². The fraction of sp³-hybridized carbons (Fsp3) is 0.450. The third kappa shape index (κ3) is 3.91. The van der Waals surface area contributed by atoms with Gasteiger partial charge in [0.1, 0.15) is 18.1 Å². The number of anilines is 1. The highest BCUT2D eigenvalue weighted by Crippen LogP contribution is 2.29. The van der Waals surface area contributed by atoms with Crippen LogP contribution >= 0.6 is 0 Å². The van der Waals surface area contributed by atoms with Crippen LogP contribution in [-0.2, 0) is 14.3 Å². The summed E-state index contributed by atoms with van der Waals surface area (Å²) in [6.45, 7) is 1.38. The molecule has 1 saturated heterocycles. The molecule has 1 aliphatic carbocycles. The van der Waals surface area contributed by atoms with Crippen LogP contribution in [0.1, 0.15) is 25.7 Å². The number of carbonyl (C=O) groups excluding carboxylic acids is 2. The van der Waals surface area contributed by atoms with Crippen LogP contribution in [0.2, 0.25) is 0 Å². The van der Waals surface area contributed by atoms with Crippen LogP contribution in [-0.4, -0.2) is 52.3 Å². The summed E-state index contributed by atoms with van der Waals surface area (Å²) in [5.74, 6) is -0.483. The third-order valence-corrected chi connectivity index (χ3v) is 5.48. The second-order valence-corrected chi connectivity index (χ2v) is 7.26. The number of carbonyl (C=O) groups is 2. The molecule has 0 unspecified atom stereocenters. The maximum absolute atomic E-state index is 13.9. The number of amides is 2. The summed E-state index contributed by atoms with van der Waals surface area (Å²) in [4.78, 5) is 26.5. The van der Waals surface area contributed by atoms with E-state index >= 15 is 0 Å². The van der Waals surface area contributed by atoms with E-state index in [9.17, 15) is 14.0 Å². The van der Waals surface area contributed by atoms with E-state index < -0.39 is 0 Å². The maximum atomic E-state index is 13.9. The lowest BCUT2D eigenvalue weighted by molar-refractivity contribution is -0.146. The van der Waals surface area contributed by atoms with Gasteiger partial charge in [-0.05, 0) is 37.8 Å². The van der Waals surface area contributed by atoms with Gasteiger partial charge in [-0.2, -0.15) is 5.10 Å². The molecule has 1 saturated carbocycles. The lowest BCUT2D eigenvalue weighted by Gasteiger charge is -2.38. The second kappa shape index (κ2) is 8.10. The Kier molecular flexibility index (Phi) is 5.38. The van der Waals surface area contributed by atoms with Crippen LogP contribution < -0.4 is 5.32 Å². The molecule has 7 nitrogen and oxygen atoms in total. The minimum atomic E-state index is -0.376. The van der Waals surface area contributed by atoms with Gasteiger partial charge in [0, 0.05) is 18.5 Å². The first-order valence-electron chi connectivity index (χ1n) is 9.59. The fourth-order valence-electron chi connectivity index (χ4n) is 3.97. The Morgan fingerprint density at radius 2 is 2.00 bits per heavy atom. The Hall–Kier alpha value is -2.74. The quantitative estimate of drug-likeness (QED) is 0.875. The normalized spacial score (nSPS) is 22.9. The van der Waals surface area contributed by atoms with Gasteiger partial charge < -0.3 is 15.0 Å². The summed E-state index contributed by atoms with van der Waals surface area (Å²) in [6, 6.07) is 6.54. The number of hydrogen-bond donors (Lipinski definition) is 1. The van der Waals surface area contributed by atoms with Gasteiger partial charge in [-0.25, -0.2) is 9.07 Å². The van der Waals surface area contributed by atoms with Crippen molar-refractivity contribution >= 4 is 17.5 Å². The first kappa shape index (κ1) is 18.6. The van der Waals surface area contributed by atoms with E-state index in [4.69, 9.17) is 4.74 Å². The molecule has 148 valence electrons. The van der Waals surface area contributed by atoms with Crippen LogP contribution in [0.3, 0.4) is 0 Å². The van der Waals surface area contributed by atoms with Crippen molar-refractivity contribution in [3.8, 4) is 5.69 Å². The predicted octanol–water partition coefficient (Wildman–Crippen LogP) is 2.37. The minimum Gasteiger partial charge on any atom is -0.370 e. The van der Waals surface area contributed by atoms with Gasteiger partial charge >= 0.3 is 0 Å². The molecule has 8 heteroatoms. The van der Waals surface area contributed by atoms with Crippen LogP contribution in [0.25, 0.3) is 5.69 Å². The Morgan fingerprint density at radius 3 is 2.75 bits per heavy atom. The summed E-state index contributed by atoms with van der Waals surface area (Å²) in [5, 5.41) is 7.01. The highest BCUT2D eigenvalue weighted by Gasteiger charge is 2.32. The number of para-hydroxylation sites is 1. The van der Waals surface area contributed by atoms with Crippen LogP contribution in [0.5, 0.6) is 0 Å². The van der Waals surface area contributed by atoms with Crippen LogP contribution in [0, 0.1) is 11.7 Å². The molecule has 0 spiro atoms. The molecule has 1 aliphatic heterocycles. The monoisotopic (exact) mass is 386 g/mol. The number of halogens is 1. The molecule has 28 heavy (non-hydrogen) atoms. The highest BCUT2D eigenvalue weighted by atomic mass is 19.1. The average Bonchev–Trinajstić information content (AvgIpc) is 3.17. The summed E-state index contributed by atoms with van der Waals surface area (Å²) < 4.78 is 20.5. The first-order valence-corrected chi connectivity index (χ1v) is 9.59. The van der Waals surface area contributed by atoms with E-state index in [-0.39, 0.29) is 36.2 Å². The molecule has 2 aliphatic rings. The van der Waals surface area contributed by atoms with Gasteiger partial charge in [-0.3, -0.25) is 9.59 Å². The number of benzene rings is 1. The molecule has 1 aromatic heterocycles. The van der Waals surface area contributed by atoms with E-state index in [1.165, 1.54) is 16.9 Å². The van der Waals surface area contributed by atoms with E-state index in [1.54, 1.807) is 24.4 Å². The molecule has 2 fully saturated rings. The van der Waals surface area contributed by atoms with Crippen molar-refractivity contribution in [2.24, 2.45) is 5.92 Å². The molecule has 4 rings (SSSR count). The largest absolute Gasteiger partial charge is 0.370 e. The van der Waals surface area contributed by atoms with E-state index in [2.05, 4.69) is 10.4 Å². The number of morpholine rings is 1. The minimum absolute atomic E-state index is 0.0414. The maximum Gasteiger partial charge on any atom is 0.248 e. The zero-order chi connectivity index (χ0) is 19.5. The second-order valence-electron chi connectivity index (χ2n) is 7.26. The van der Waals surface area contributed by atoms with Crippen molar-refractivity contribution in [2.75, 3.05) is 25.1 Å². The van der Waals surface area contributed by atoms with Crippen molar-refractivity contribution in [2.45, 2.75) is 31.7 Å². The summed E-state index contributed by atoms with van der Waals surface area (Å²) >= 11 is 0. The molecule has 1 N–H and O–H groups in total. The summed E-state index contributed by atoms with van der Waals surface area (Å²) in [7, 11) is 0. The zero-order valence-corrected chi connectivity index (χ0v) is 15.5. The zero-order valence-electron chi connectivity index (χ0n) is 15.5. The molecule has 2 heterocycles. The average molecular weight is 386 g/mol. The smallest absolute Gasteiger partial charge is 0.248 e. The molecule has 2 amide bonds. The molecule has 0 atom stereocenters. The molecular formula is C20H23FN4O3. The van der Waals surface area contributed by atoms with Gasteiger partial charge in [0.15, 0.2) is 0 Å². The highest BCUT2D eigenvalue weighted by molar-refractivity contribution is 5.92. The van der Waals surface area contributed by atoms with Crippen molar-refractivity contribution in [3.05, 3.63) is 42.5 Å². The first-order chi connectivity index (χ1) is 13.6. The molecule has 0 bridgehead atoms. The topological polar surface area (TPSA) is 76.5 Å². The predicted molar refractivity (Wildman–Crippen MR) is 100 cm³/mol. The van der Waals surface area contributed by atoms with Gasteiger partial charge in [-0.15, -0.1) is 0 Å². The molecular weight excluding hydrogens is 363 g/mol. The Labute approximate surface area is 162 Å². The Bertz CT molecular complexity index is 861. The summed E-state index contributed by atoms with van der Waals surface area (Å²) in [5.41, 5.74) is 0.873.